The molecule has 4 nitrogen and oxygen atoms in total. The number of aliphatic hydroxyl groups is 1. The van der Waals surface area contributed by atoms with Crippen LogP contribution in [0, 0.1) is 24.4 Å². The zero-order chi connectivity index (χ0) is 19.1. The van der Waals surface area contributed by atoms with Gasteiger partial charge in [-0.15, -0.1) is 0 Å². The Balaban J connectivity index is 2.00. The Labute approximate surface area is 149 Å². The van der Waals surface area contributed by atoms with Crippen LogP contribution in [0.3, 0.4) is 0 Å². The summed E-state index contributed by atoms with van der Waals surface area (Å²) in [5.74, 6) is -3.58. The molecule has 0 spiro atoms. The molecule has 1 aliphatic rings. The SMILES string of the molecule is Cc1ccc(Nc2c(F)c(F)cc(O)c2NC2(CC(C)O)CC2)c(F)c1. The van der Waals surface area contributed by atoms with Gasteiger partial charge in [0.15, 0.2) is 11.6 Å². The van der Waals surface area contributed by atoms with E-state index in [-0.39, 0.29) is 17.1 Å². The Morgan fingerprint density at radius 1 is 1.12 bits per heavy atom. The second-order valence-electron chi connectivity index (χ2n) is 7.01. The number of aliphatic hydroxyl groups excluding tert-OH is 1. The van der Waals surface area contributed by atoms with Crippen molar-refractivity contribution in [3.05, 3.63) is 47.3 Å². The van der Waals surface area contributed by atoms with E-state index < -0.39 is 34.8 Å². The number of halogens is 3. The maximum atomic E-state index is 14.4. The van der Waals surface area contributed by atoms with E-state index >= 15 is 0 Å². The van der Waals surface area contributed by atoms with Gasteiger partial charge in [0.05, 0.1) is 11.8 Å². The van der Waals surface area contributed by atoms with Gasteiger partial charge < -0.3 is 20.8 Å². The number of anilines is 3. The molecule has 3 rings (SSSR count). The lowest BCUT2D eigenvalue weighted by Gasteiger charge is -2.24. The average molecular weight is 366 g/mol. The summed E-state index contributed by atoms with van der Waals surface area (Å²) in [6, 6.07) is 4.99. The van der Waals surface area contributed by atoms with Crippen LogP contribution in [-0.4, -0.2) is 21.9 Å². The molecule has 0 amide bonds. The van der Waals surface area contributed by atoms with Crippen molar-refractivity contribution in [3.8, 4) is 5.75 Å². The molecule has 0 heterocycles. The van der Waals surface area contributed by atoms with Crippen LogP contribution in [0.25, 0.3) is 0 Å². The van der Waals surface area contributed by atoms with E-state index in [2.05, 4.69) is 10.6 Å². The highest BCUT2D eigenvalue weighted by molar-refractivity contribution is 5.81. The highest BCUT2D eigenvalue weighted by Crippen LogP contribution is 2.48. The van der Waals surface area contributed by atoms with Crippen LogP contribution in [0.4, 0.5) is 30.2 Å². The number of aryl methyl sites for hydroxylation is 1. The Morgan fingerprint density at radius 2 is 1.81 bits per heavy atom. The first-order valence-corrected chi connectivity index (χ1v) is 8.41. The molecule has 2 aromatic carbocycles. The number of phenolic OH excluding ortho intramolecular Hbond substituents is 1. The molecule has 0 bridgehead atoms. The van der Waals surface area contributed by atoms with Gasteiger partial charge in [-0.2, -0.15) is 0 Å². The van der Waals surface area contributed by atoms with E-state index in [1.807, 2.05) is 0 Å². The first kappa shape index (κ1) is 18.4. The van der Waals surface area contributed by atoms with E-state index in [1.54, 1.807) is 19.9 Å². The van der Waals surface area contributed by atoms with Gasteiger partial charge in [-0.3, -0.25) is 0 Å². The fourth-order valence-electron chi connectivity index (χ4n) is 3.07. The fraction of sp³-hybridized carbons (Fsp3) is 0.368. The summed E-state index contributed by atoms with van der Waals surface area (Å²) in [5.41, 5.74) is -0.284. The van der Waals surface area contributed by atoms with E-state index in [0.29, 0.717) is 30.9 Å². The molecule has 4 N–H and O–H groups in total. The summed E-state index contributed by atoms with van der Waals surface area (Å²) in [6.07, 6.45) is 1.23. The van der Waals surface area contributed by atoms with E-state index in [0.717, 1.165) is 0 Å². The van der Waals surface area contributed by atoms with Crippen LogP contribution in [0.2, 0.25) is 0 Å². The van der Waals surface area contributed by atoms with Crippen molar-refractivity contribution < 1.29 is 23.4 Å². The second-order valence-corrected chi connectivity index (χ2v) is 7.01. The molecule has 1 fully saturated rings. The van der Waals surface area contributed by atoms with Gasteiger partial charge in [-0.25, -0.2) is 13.2 Å². The van der Waals surface area contributed by atoms with Crippen molar-refractivity contribution >= 4 is 17.1 Å². The van der Waals surface area contributed by atoms with Gasteiger partial charge in [-0.05, 0) is 50.8 Å². The number of nitrogens with one attached hydrogen (secondary N) is 2. The second kappa shape index (κ2) is 6.72. The number of benzene rings is 2. The zero-order valence-electron chi connectivity index (χ0n) is 14.5. The van der Waals surface area contributed by atoms with E-state index in [9.17, 15) is 23.4 Å². The molecule has 1 aliphatic carbocycles. The number of hydrogen-bond donors (Lipinski definition) is 4. The Bertz CT molecular complexity index is 836. The topological polar surface area (TPSA) is 64.5 Å². The predicted molar refractivity (Wildman–Crippen MR) is 94.3 cm³/mol. The van der Waals surface area contributed by atoms with Crippen molar-refractivity contribution in [2.24, 2.45) is 0 Å². The summed E-state index contributed by atoms with van der Waals surface area (Å²) in [7, 11) is 0. The summed E-state index contributed by atoms with van der Waals surface area (Å²) in [5, 5.41) is 25.3. The molecule has 1 saturated carbocycles. The minimum Gasteiger partial charge on any atom is -0.506 e. The van der Waals surface area contributed by atoms with Gasteiger partial charge in [-0.1, -0.05) is 6.07 Å². The predicted octanol–water partition coefficient (Wildman–Crippen LogP) is 4.58. The standard InChI is InChI=1S/C19H21F3N2O2/c1-10-3-4-14(12(20)7-10)23-18-16(22)13(21)8-15(26)17(18)24-19(5-6-19)9-11(2)25/h3-4,7-8,11,23-26H,5-6,9H2,1-2H3. The Hall–Kier alpha value is -2.41. The fourth-order valence-corrected chi connectivity index (χ4v) is 3.07. The summed E-state index contributed by atoms with van der Waals surface area (Å²) < 4.78 is 42.4. The number of hydrogen-bond acceptors (Lipinski definition) is 4. The molecule has 0 saturated heterocycles. The van der Waals surface area contributed by atoms with Crippen molar-refractivity contribution in [1.29, 1.82) is 0 Å². The highest BCUT2D eigenvalue weighted by Gasteiger charge is 2.44. The monoisotopic (exact) mass is 366 g/mol. The van der Waals surface area contributed by atoms with Crippen LogP contribution in [0.1, 0.15) is 31.7 Å². The lowest BCUT2D eigenvalue weighted by Crippen LogP contribution is -2.26. The quantitative estimate of drug-likeness (QED) is 0.565. The zero-order valence-corrected chi connectivity index (χ0v) is 14.5. The Morgan fingerprint density at radius 3 is 2.38 bits per heavy atom. The highest BCUT2D eigenvalue weighted by atomic mass is 19.2. The first-order chi connectivity index (χ1) is 12.2. The molecular weight excluding hydrogens is 345 g/mol. The summed E-state index contributed by atoms with van der Waals surface area (Å²) >= 11 is 0. The van der Waals surface area contributed by atoms with Crippen molar-refractivity contribution in [3.63, 3.8) is 0 Å². The molecule has 0 aliphatic heterocycles. The van der Waals surface area contributed by atoms with Gasteiger partial charge in [0.2, 0.25) is 0 Å². The van der Waals surface area contributed by atoms with Crippen LogP contribution in [0.5, 0.6) is 5.75 Å². The van der Waals surface area contributed by atoms with Gasteiger partial charge in [0.25, 0.3) is 0 Å². The number of aromatic hydroxyl groups is 1. The third kappa shape index (κ3) is 3.72. The molecule has 1 atom stereocenters. The first-order valence-electron chi connectivity index (χ1n) is 8.41. The van der Waals surface area contributed by atoms with Crippen molar-refractivity contribution in [1.82, 2.24) is 0 Å². The van der Waals surface area contributed by atoms with Crippen LogP contribution in [0.15, 0.2) is 24.3 Å². The average Bonchev–Trinajstić information content (AvgIpc) is 3.29. The molecule has 0 aromatic heterocycles. The van der Waals surface area contributed by atoms with Gasteiger partial charge in [0.1, 0.15) is 22.9 Å². The summed E-state index contributed by atoms with van der Waals surface area (Å²) in [6.45, 7) is 3.34. The van der Waals surface area contributed by atoms with Crippen LogP contribution >= 0.6 is 0 Å². The number of rotatable bonds is 6. The third-order valence-corrected chi connectivity index (χ3v) is 4.51. The maximum Gasteiger partial charge on any atom is 0.184 e. The van der Waals surface area contributed by atoms with Gasteiger partial charge >= 0.3 is 0 Å². The molecule has 26 heavy (non-hydrogen) atoms. The van der Waals surface area contributed by atoms with E-state index in [1.165, 1.54) is 12.1 Å². The van der Waals surface area contributed by atoms with E-state index in [4.69, 9.17) is 0 Å². The largest absolute Gasteiger partial charge is 0.506 e. The van der Waals surface area contributed by atoms with Gasteiger partial charge in [0, 0.05) is 11.6 Å². The summed E-state index contributed by atoms with van der Waals surface area (Å²) in [4.78, 5) is 0. The lowest BCUT2D eigenvalue weighted by molar-refractivity contribution is 0.174. The molecule has 2 aromatic rings. The van der Waals surface area contributed by atoms with Crippen molar-refractivity contribution in [2.75, 3.05) is 10.6 Å². The molecule has 1 unspecified atom stereocenters. The minimum atomic E-state index is -1.25. The lowest BCUT2D eigenvalue weighted by atomic mass is 10.1. The van der Waals surface area contributed by atoms with Crippen LogP contribution in [-0.2, 0) is 0 Å². The smallest absolute Gasteiger partial charge is 0.184 e. The number of phenols is 1. The van der Waals surface area contributed by atoms with Crippen molar-refractivity contribution in [2.45, 2.75) is 44.8 Å². The molecule has 0 radical (unpaired) electrons. The molecular formula is C19H21F3N2O2. The maximum absolute atomic E-state index is 14.4. The molecule has 7 heteroatoms. The Kier molecular flexibility index (Phi) is 4.75. The van der Waals surface area contributed by atoms with Crippen LogP contribution < -0.4 is 10.6 Å². The normalized spacial score (nSPS) is 16.2. The third-order valence-electron chi connectivity index (χ3n) is 4.51. The molecule has 140 valence electrons. The minimum absolute atomic E-state index is 0.0390.